The Morgan fingerprint density at radius 1 is 1.58 bits per heavy atom. The third-order valence-electron chi connectivity index (χ3n) is 4.42. The van der Waals surface area contributed by atoms with Gasteiger partial charge in [-0.05, 0) is 50.0 Å². The van der Waals surface area contributed by atoms with Gasteiger partial charge in [-0.2, -0.15) is 0 Å². The summed E-state index contributed by atoms with van der Waals surface area (Å²) in [4.78, 5) is 13.8. The van der Waals surface area contributed by atoms with Crippen LogP contribution in [-0.2, 0) is 4.79 Å². The van der Waals surface area contributed by atoms with Crippen LogP contribution in [0.15, 0.2) is 17.5 Å². The van der Waals surface area contributed by atoms with Crippen molar-refractivity contribution in [3.05, 3.63) is 22.4 Å². The summed E-state index contributed by atoms with van der Waals surface area (Å²) in [6.07, 6.45) is 4.07. The molecule has 1 heterocycles. The smallest absolute Gasteiger partial charge is 0.227 e. The third-order valence-corrected chi connectivity index (χ3v) is 5.48. The molecule has 3 N–H and O–H groups in total. The van der Waals surface area contributed by atoms with Crippen molar-refractivity contribution in [1.82, 2.24) is 5.32 Å². The second-order valence-electron chi connectivity index (χ2n) is 5.88. The van der Waals surface area contributed by atoms with Crippen LogP contribution >= 0.6 is 11.3 Å². The van der Waals surface area contributed by atoms with Crippen molar-refractivity contribution in [2.45, 2.75) is 45.6 Å². The predicted molar refractivity (Wildman–Crippen MR) is 80.0 cm³/mol. The SMILES string of the molecule is CC1CCC(CN)(C(=O)N[C@@H](C)c2cccs2)CC1. The third kappa shape index (κ3) is 3.18. The fourth-order valence-corrected chi connectivity index (χ4v) is 3.53. The van der Waals surface area contributed by atoms with Crippen LogP contribution in [-0.4, -0.2) is 12.5 Å². The Hall–Kier alpha value is -0.870. The van der Waals surface area contributed by atoms with E-state index in [9.17, 15) is 4.79 Å². The van der Waals surface area contributed by atoms with Crippen molar-refractivity contribution in [1.29, 1.82) is 0 Å². The molecule has 1 aliphatic carbocycles. The highest BCUT2D eigenvalue weighted by atomic mass is 32.1. The lowest BCUT2D eigenvalue weighted by molar-refractivity contribution is -0.133. The zero-order chi connectivity index (χ0) is 13.9. The van der Waals surface area contributed by atoms with Crippen LogP contribution in [0.5, 0.6) is 0 Å². The number of carbonyl (C=O) groups is 1. The normalized spacial score (nSPS) is 28.9. The molecule has 3 nitrogen and oxygen atoms in total. The van der Waals surface area contributed by atoms with E-state index in [1.54, 1.807) is 11.3 Å². The van der Waals surface area contributed by atoms with E-state index < -0.39 is 0 Å². The summed E-state index contributed by atoms with van der Waals surface area (Å²) >= 11 is 1.68. The standard InChI is InChI=1S/C15H24N2OS/c1-11-5-7-15(10-16,8-6-11)14(18)17-12(2)13-4-3-9-19-13/h3-4,9,11-12H,5-8,10,16H2,1-2H3,(H,17,18)/t11?,12-,15?/m0/s1. The average molecular weight is 280 g/mol. The first-order valence-corrected chi connectivity index (χ1v) is 8.00. The fraction of sp³-hybridized carbons (Fsp3) is 0.667. The van der Waals surface area contributed by atoms with Gasteiger partial charge < -0.3 is 11.1 Å². The van der Waals surface area contributed by atoms with Gasteiger partial charge in [0, 0.05) is 11.4 Å². The van der Waals surface area contributed by atoms with E-state index in [0.717, 1.165) is 31.6 Å². The highest BCUT2D eigenvalue weighted by Gasteiger charge is 2.40. The number of hydrogen-bond donors (Lipinski definition) is 2. The van der Waals surface area contributed by atoms with E-state index in [1.807, 2.05) is 18.4 Å². The molecule has 1 aliphatic rings. The van der Waals surface area contributed by atoms with Crippen LogP contribution in [0.2, 0.25) is 0 Å². The lowest BCUT2D eigenvalue weighted by atomic mass is 9.70. The Balaban J connectivity index is 2.01. The summed E-state index contributed by atoms with van der Waals surface area (Å²) in [5.74, 6) is 0.866. The lowest BCUT2D eigenvalue weighted by Gasteiger charge is -2.37. The number of rotatable bonds is 4. The van der Waals surface area contributed by atoms with Crippen LogP contribution < -0.4 is 11.1 Å². The lowest BCUT2D eigenvalue weighted by Crippen LogP contribution is -2.48. The minimum absolute atomic E-state index is 0.0790. The monoisotopic (exact) mass is 280 g/mol. The van der Waals surface area contributed by atoms with Gasteiger partial charge in [0.1, 0.15) is 0 Å². The molecular formula is C15H24N2OS. The van der Waals surface area contributed by atoms with Gasteiger partial charge in [-0.15, -0.1) is 11.3 Å². The van der Waals surface area contributed by atoms with Crippen LogP contribution in [0.3, 0.4) is 0 Å². The van der Waals surface area contributed by atoms with Gasteiger partial charge in [-0.25, -0.2) is 0 Å². The van der Waals surface area contributed by atoms with E-state index in [0.29, 0.717) is 6.54 Å². The van der Waals surface area contributed by atoms with E-state index in [2.05, 4.69) is 18.3 Å². The molecule has 0 radical (unpaired) electrons. The predicted octanol–water partition coefficient (Wildman–Crippen LogP) is 3.08. The largest absolute Gasteiger partial charge is 0.348 e. The van der Waals surface area contributed by atoms with E-state index in [4.69, 9.17) is 5.73 Å². The second kappa shape index (κ2) is 6.06. The van der Waals surface area contributed by atoms with Gasteiger partial charge >= 0.3 is 0 Å². The minimum atomic E-state index is -0.335. The molecule has 0 spiro atoms. The van der Waals surface area contributed by atoms with Crippen molar-refractivity contribution in [2.75, 3.05) is 6.54 Å². The van der Waals surface area contributed by atoms with Crippen LogP contribution in [0.1, 0.15) is 50.4 Å². The highest BCUT2D eigenvalue weighted by molar-refractivity contribution is 7.10. The van der Waals surface area contributed by atoms with E-state index in [-0.39, 0.29) is 17.4 Å². The Kier molecular flexibility index (Phi) is 4.63. The first-order valence-electron chi connectivity index (χ1n) is 7.12. The average Bonchev–Trinajstić information content (AvgIpc) is 2.94. The molecule has 0 saturated heterocycles. The maximum atomic E-state index is 12.6. The van der Waals surface area contributed by atoms with Crippen LogP contribution in [0.25, 0.3) is 0 Å². The summed E-state index contributed by atoms with van der Waals surface area (Å²) in [5.41, 5.74) is 5.59. The van der Waals surface area contributed by atoms with Crippen molar-refractivity contribution in [3.63, 3.8) is 0 Å². The van der Waals surface area contributed by atoms with Crippen molar-refractivity contribution in [2.24, 2.45) is 17.1 Å². The molecule has 19 heavy (non-hydrogen) atoms. The van der Waals surface area contributed by atoms with Crippen LogP contribution in [0.4, 0.5) is 0 Å². The van der Waals surface area contributed by atoms with E-state index in [1.165, 1.54) is 4.88 Å². The number of thiophene rings is 1. The van der Waals surface area contributed by atoms with Crippen LogP contribution in [0, 0.1) is 11.3 Å². The number of nitrogens with one attached hydrogen (secondary N) is 1. The summed E-state index contributed by atoms with van der Waals surface area (Å²) in [5, 5.41) is 5.19. The molecule has 0 aliphatic heterocycles. The number of carbonyl (C=O) groups excluding carboxylic acids is 1. The summed E-state index contributed by atoms with van der Waals surface area (Å²) < 4.78 is 0. The minimum Gasteiger partial charge on any atom is -0.348 e. The van der Waals surface area contributed by atoms with Gasteiger partial charge in [0.2, 0.25) is 5.91 Å². The molecule has 0 bridgehead atoms. The molecule has 1 fully saturated rings. The Labute approximate surface area is 119 Å². The van der Waals surface area contributed by atoms with Gasteiger partial charge in [-0.1, -0.05) is 13.0 Å². The zero-order valence-electron chi connectivity index (χ0n) is 11.8. The Morgan fingerprint density at radius 3 is 2.79 bits per heavy atom. The summed E-state index contributed by atoms with van der Waals surface area (Å²) in [6.45, 7) is 4.76. The fourth-order valence-electron chi connectivity index (χ4n) is 2.80. The zero-order valence-corrected chi connectivity index (χ0v) is 12.6. The summed E-state index contributed by atoms with van der Waals surface area (Å²) in [6, 6.07) is 4.16. The van der Waals surface area contributed by atoms with Crippen molar-refractivity contribution < 1.29 is 4.79 Å². The van der Waals surface area contributed by atoms with Gasteiger partial charge in [0.25, 0.3) is 0 Å². The maximum absolute atomic E-state index is 12.6. The van der Waals surface area contributed by atoms with Gasteiger partial charge in [0.05, 0.1) is 11.5 Å². The topological polar surface area (TPSA) is 55.1 Å². The number of hydrogen-bond acceptors (Lipinski definition) is 3. The van der Waals surface area contributed by atoms with Crippen molar-refractivity contribution >= 4 is 17.2 Å². The molecule has 4 heteroatoms. The second-order valence-corrected chi connectivity index (χ2v) is 6.86. The molecule has 106 valence electrons. The summed E-state index contributed by atoms with van der Waals surface area (Å²) in [7, 11) is 0. The number of amides is 1. The van der Waals surface area contributed by atoms with Gasteiger partial charge in [-0.3, -0.25) is 4.79 Å². The molecule has 1 saturated carbocycles. The Bertz CT molecular complexity index is 408. The first kappa shape index (κ1) is 14.5. The Morgan fingerprint density at radius 2 is 2.26 bits per heavy atom. The quantitative estimate of drug-likeness (QED) is 0.890. The van der Waals surface area contributed by atoms with E-state index >= 15 is 0 Å². The van der Waals surface area contributed by atoms with Gasteiger partial charge in [0.15, 0.2) is 0 Å². The molecule has 1 atom stereocenters. The molecule has 1 amide bonds. The maximum Gasteiger partial charge on any atom is 0.227 e. The molecular weight excluding hydrogens is 256 g/mol. The molecule has 1 aromatic rings. The molecule has 0 unspecified atom stereocenters. The molecule has 0 aromatic carbocycles. The molecule has 2 rings (SSSR count). The first-order chi connectivity index (χ1) is 9.07. The molecule has 1 aromatic heterocycles. The number of nitrogens with two attached hydrogens (primary N) is 1. The van der Waals surface area contributed by atoms with Crippen molar-refractivity contribution in [3.8, 4) is 0 Å². The highest BCUT2D eigenvalue weighted by Crippen LogP contribution is 2.38.